The van der Waals surface area contributed by atoms with Crippen molar-refractivity contribution < 1.29 is 14.3 Å². The molecule has 1 N–H and O–H groups in total. The summed E-state index contributed by atoms with van der Waals surface area (Å²) in [4.78, 5) is 28.2. The minimum atomic E-state index is -0.494. The first-order valence-corrected chi connectivity index (χ1v) is 10.2. The molecule has 1 fully saturated rings. The van der Waals surface area contributed by atoms with E-state index in [1.165, 1.54) is 0 Å². The van der Waals surface area contributed by atoms with E-state index in [2.05, 4.69) is 10.2 Å². The molecule has 0 radical (unpaired) electrons. The lowest BCUT2D eigenvalue weighted by Crippen LogP contribution is -2.46. The van der Waals surface area contributed by atoms with Gasteiger partial charge in [-0.15, -0.1) is 0 Å². The summed E-state index contributed by atoms with van der Waals surface area (Å²) in [5.74, 6) is 0.353. The van der Waals surface area contributed by atoms with Gasteiger partial charge in [0.1, 0.15) is 5.60 Å². The molecule has 6 nitrogen and oxygen atoms in total. The first kappa shape index (κ1) is 22.5. The van der Waals surface area contributed by atoms with Gasteiger partial charge in [0, 0.05) is 31.7 Å². The zero-order valence-corrected chi connectivity index (χ0v) is 18.1. The Labute approximate surface area is 173 Å². The van der Waals surface area contributed by atoms with Crippen molar-refractivity contribution in [3.8, 4) is 0 Å². The van der Waals surface area contributed by atoms with E-state index in [1.807, 2.05) is 45.0 Å². The number of benzene rings is 1. The third-order valence-corrected chi connectivity index (χ3v) is 4.86. The maximum atomic E-state index is 12.3. The molecule has 0 spiro atoms. The zero-order valence-electron chi connectivity index (χ0n) is 17.3. The summed E-state index contributed by atoms with van der Waals surface area (Å²) in [5.41, 5.74) is 0.528. The molecule has 1 saturated heterocycles. The fourth-order valence-corrected chi connectivity index (χ4v) is 3.43. The van der Waals surface area contributed by atoms with E-state index in [-0.39, 0.29) is 12.0 Å². The molecule has 1 aromatic rings. The number of nitrogens with one attached hydrogen (secondary N) is 1. The Morgan fingerprint density at radius 2 is 1.96 bits per heavy atom. The first-order valence-electron chi connectivity index (χ1n) is 9.80. The summed E-state index contributed by atoms with van der Waals surface area (Å²) >= 11 is 5.88. The summed E-state index contributed by atoms with van der Waals surface area (Å²) < 4.78 is 5.41. The molecule has 2 amide bonds. The highest BCUT2D eigenvalue weighted by atomic mass is 35.5. The third-order valence-electron chi connectivity index (χ3n) is 4.61. The van der Waals surface area contributed by atoms with Crippen LogP contribution in [0, 0.1) is 5.92 Å². The molecule has 0 aliphatic carbocycles. The van der Waals surface area contributed by atoms with Gasteiger partial charge < -0.3 is 15.0 Å². The summed E-state index contributed by atoms with van der Waals surface area (Å²) in [6, 6.07) is 7.46. The number of rotatable bonds is 6. The Morgan fingerprint density at radius 1 is 1.29 bits per heavy atom. The molecule has 1 aliphatic heterocycles. The van der Waals surface area contributed by atoms with Crippen LogP contribution in [0.5, 0.6) is 0 Å². The van der Waals surface area contributed by atoms with Crippen molar-refractivity contribution in [2.45, 2.75) is 45.8 Å². The molecule has 1 unspecified atom stereocenters. The largest absolute Gasteiger partial charge is 0.444 e. The zero-order chi connectivity index (χ0) is 20.7. The number of carbonyl (C=O) groups is 2. The van der Waals surface area contributed by atoms with Crippen LogP contribution in [0.1, 0.15) is 39.2 Å². The van der Waals surface area contributed by atoms with Gasteiger partial charge in [-0.3, -0.25) is 9.69 Å². The van der Waals surface area contributed by atoms with Gasteiger partial charge in [-0.1, -0.05) is 23.7 Å². The number of nitrogens with zero attached hydrogens (tertiary/aromatic N) is 2. The fourth-order valence-electron chi connectivity index (χ4n) is 3.31. The lowest BCUT2D eigenvalue weighted by atomic mass is 9.97. The van der Waals surface area contributed by atoms with Gasteiger partial charge >= 0.3 is 6.09 Å². The van der Waals surface area contributed by atoms with Crippen LogP contribution in [0.25, 0.3) is 0 Å². The van der Waals surface area contributed by atoms with Crippen molar-refractivity contribution in [3.05, 3.63) is 34.9 Å². The molecule has 1 aliphatic rings. The van der Waals surface area contributed by atoms with Gasteiger partial charge in [0.25, 0.3) is 0 Å². The smallest absolute Gasteiger partial charge is 0.410 e. The predicted octanol–water partition coefficient (Wildman–Crippen LogP) is 3.54. The second-order valence-corrected chi connectivity index (χ2v) is 8.94. The van der Waals surface area contributed by atoms with Crippen LogP contribution in [-0.2, 0) is 16.1 Å². The SMILES string of the molecule is CN(CC1CCCN(CC(=O)NCc2ccc(Cl)cc2)C1)C(=O)OC(C)(C)C. The summed E-state index contributed by atoms with van der Waals surface area (Å²) in [6.07, 6.45) is 1.78. The number of amides is 2. The van der Waals surface area contributed by atoms with Gasteiger partial charge in [-0.05, 0) is 63.8 Å². The predicted molar refractivity (Wildman–Crippen MR) is 111 cm³/mol. The van der Waals surface area contributed by atoms with Crippen molar-refractivity contribution >= 4 is 23.6 Å². The lowest BCUT2D eigenvalue weighted by Gasteiger charge is -2.34. The van der Waals surface area contributed by atoms with E-state index in [0.717, 1.165) is 31.5 Å². The van der Waals surface area contributed by atoms with Crippen molar-refractivity contribution in [3.63, 3.8) is 0 Å². The van der Waals surface area contributed by atoms with Crippen molar-refractivity contribution in [2.24, 2.45) is 5.92 Å². The van der Waals surface area contributed by atoms with Gasteiger partial charge in [-0.2, -0.15) is 0 Å². The Morgan fingerprint density at radius 3 is 2.61 bits per heavy atom. The Bertz CT molecular complexity index is 658. The molecule has 1 aromatic carbocycles. The number of hydrogen-bond donors (Lipinski definition) is 1. The van der Waals surface area contributed by atoms with Gasteiger partial charge in [-0.25, -0.2) is 4.79 Å². The quantitative estimate of drug-likeness (QED) is 0.780. The number of hydrogen-bond acceptors (Lipinski definition) is 4. The highest BCUT2D eigenvalue weighted by Crippen LogP contribution is 2.18. The maximum absolute atomic E-state index is 12.3. The van der Waals surface area contributed by atoms with Crippen molar-refractivity contribution in [1.29, 1.82) is 0 Å². The minimum Gasteiger partial charge on any atom is -0.444 e. The minimum absolute atomic E-state index is 0.0103. The Kier molecular flexibility index (Phi) is 8.13. The van der Waals surface area contributed by atoms with Crippen molar-refractivity contribution in [1.82, 2.24) is 15.1 Å². The number of likely N-dealkylation sites (tertiary alicyclic amines) is 1. The second-order valence-electron chi connectivity index (χ2n) is 8.51. The van der Waals surface area contributed by atoms with E-state index < -0.39 is 5.60 Å². The lowest BCUT2D eigenvalue weighted by molar-refractivity contribution is -0.122. The molecule has 156 valence electrons. The average Bonchev–Trinajstić information content (AvgIpc) is 2.60. The van der Waals surface area contributed by atoms with Crippen LogP contribution in [0.15, 0.2) is 24.3 Å². The molecule has 0 aromatic heterocycles. The topological polar surface area (TPSA) is 61.9 Å². The molecule has 28 heavy (non-hydrogen) atoms. The van der Waals surface area contributed by atoms with Gasteiger partial charge in [0.2, 0.25) is 5.91 Å². The fraction of sp³-hybridized carbons (Fsp3) is 0.619. The third kappa shape index (κ3) is 8.07. The standard InChI is InChI=1S/C21H32ClN3O3/c1-21(2,3)28-20(27)24(4)13-17-6-5-11-25(14-17)15-19(26)23-12-16-7-9-18(22)10-8-16/h7-10,17H,5-6,11-15H2,1-4H3,(H,23,26). The summed E-state index contributed by atoms with van der Waals surface area (Å²) in [6.45, 7) is 8.81. The Balaban J connectivity index is 1.75. The van der Waals surface area contributed by atoms with Crippen LogP contribution in [0.2, 0.25) is 5.02 Å². The van der Waals surface area contributed by atoms with Crippen LogP contribution in [0.3, 0.4) is 0 Å². The van der Waals surface area contributed by atoms with E-state index >= 15 is 0 Å². The first-order chi connectivity index (χ1) is 13.1. The normalized spacial score (nSPS) is 17.8. The highest BCUT2D eigenvalue weighted by molar-refractivity contribution is 6.30. The van der Waals surface area contributed by atoms with Crippen LogP contribution in [0.4, 0.5) is 4.79 Å². The number of piperidine rings is 1. The van der Waals surface area contributed by atoms with Crippen LogP contribution in [-0.4, -0.2) is 60.6 Å². The van der Waals surface area contributed by atoms with Gasteiger partial charge in [0.05, 0.1) is 6.54 Å². The van der Waals surface area contributed by atoms with E-state index in [0.29, 0.717) is 30.6 Å². The van der Waals surface area contributed by atoms with Crippen LogP contribution >= 0.6 is 11.6 Å². The maximum Gasteiger partial charge on any atom is 0.410 e. The molecular weight excluding hydrogens is 378 g/mol. The summed E-state index contributed by atoms with van der Waals surface area (Å²) in [7, 11) is 1.77. The number of carbonyl (C=O) groups excluding carboxylic acids is 2. The highest BCUT2D eigenvalue weighted by Gasteiger charge is 2.26. The van der Waals surface area contributed by atoms with Crippen LogP contribution < -0.4 is 5.32 Å². The summed E-state index contributed by atoms with van der Waals surface area (Å²) in [5, 5.41) is 3.64. The molecule has 7 heteroatoms. The Hall–Kier alpha value is -1.79. The van der Waals surface area contributed by atoms with E-state index in [1.54, 1.807) is 11.9 Å². The monoisotopic (exact) mass is 409 g/mol. The van der Waals surface area contributed by atoms with Gasteiger partial charge in [0.15, 0.2) is 0 Å². The molecule has 0 bridgehead atoms. The molecule has 2 rings (SSSR count). The van der Waals surface area contributed by atoms with E-state index in [9.17, 15) is 9.59 Å². The average molecular weight is 410 g/mol. The molecule has 0 saturated carbocycles. The molecule has 1 atom stereocenters. The molecular formula is C21H32ClN3O3. The number of halogens is 1. The molecule has 1 heterocycles. The van der Waals surface area contributed by atoms with Crippen molar-refractivity contribution in [2.75, 3.05) is 33.2 Å². The number of ether oxygens (including phenoxy) is 1. The second kappa shape index (κ2) is 10.1. The van der Waals surface area contributed by atoms with E-state index in [4.69, 9.17) is 16.3 Å².